The van der Waals surface area contributed by atoms with E-state index in [0.29, 0.717) is 18.4 Å². The highest BCUT2D eigenvalue weighted by Gasteiger charge is 2.42. The molecule has 7 heteroatoms. The largest absolute Gasteiger partial charge is 0.466 e. The first-order valence-corrected chi connectivity index (χ1v) is 12.2. The summed E-state index contributed by atoms with van der Waals surface area (Å²) >= 11 is 1.53. The van der Waals surface area contributed by atoms with Crippen LogP contribution < -0.4 is 0 Å². The Morgan fingerprint density at radius 2 is 1.94 bits per heavy atom. The first kappa shape index (κ1) is 22.6. The first-order valence-electron chi connectivity index (χ1n) is 11.3. The van der Waals surface area contributed by atoms with Crippen LogP contribution in [0.5, 0.6) is 0 Å². The molecule has 0 bridgehead atoms. The summed E-state index contributed by atoms with van der Waals surface area (Å²) in [4.78, 5) is 34.9. The van der Waals surface area contributed by atoms with Crippen LogP contribution in [0.15, 0.2) is 45.6 Å². The van der Waals surface area contributed by atoms with E-state index >= 15 is 0 Å². The number of likely N-dealkylation sites (tertiary alicyclic amines) is 1. The fourth-order valence-corrected chi connectivity index (χ4v) is 5.69. The van der Waals surface area contributed by atoms with Gasteiger partial charge in [-0.05, 0) is 56.1 Å². The molecule has 1 fully saturated rings. The highest BCUT2D eigenvalue weighted by Crippen LogP contribution is 2.46. The van der Waals surface area contributed by atoms with Crippen molar-refractivity contribution in [3.8, 4) is 0 Å². The van der Waals surface area contributed by atoms with E-state index in [1.807, 2.05) is 17.2 Å². The van der Waals surface area contributed by atoms with Gasteiger partial charge in [0.15, 0.2) is 5.17 Å². The van der Waals surface area contributed by atoms with Gasteiger partial charge in [0, 0.05) is 18.8 Å². The van der Waals surface area contributed by atoms with Gasteiger partial charge in [-0.1, -0.05) is 42.4 Å². The second-order valence-electron chi connectivity index (χ2n) is 8.58. The Morgan fingerprint density at radius 1 is 1.19 bits per heavy atom. The summed E-state index contributed by atoms with van der Waals surface area (Å²) in [6, 6.07) is 5.93. The van der Waals surface area contributed by atoms with Crippen LogP contribution in [0, 0.1) is 13.8 Å². The molecule has 0 aliphatic carbocycles. The molecule has 1 saturated heterocycles. The molecule has 0 saturated carbocycles. The van der Waals surface area contributed by atoms with E-state index < -0.39 is 0 Å². The lowest BCUT2D eigenvalue weighted by atomic mass is 9.89. The number of aryl methyl sites for hydroxylation is 2. The van der Waals surface area contributed by atoms with Crippen molar-refractivity contribution < 1.29 is 14.3 Å². The molecule has 0 radical (unpaired) electrons. The van der Waals surface area contributed by atoms with Gasteiger partial charge in [0.2, 0.25) is 5.91 Å². The molecule has 6 nitrogen and oxygen atoms in total. The van der Waals surface area contributed by atoms with Crippen LogP contribution in [0.25, 0.3) is 0 Å². The zero-order valence-corrected chi connectivity index (χ0v) is 20.1. The molecule has 1 aromatic carbocycles. The Labute approximate surface area is 194 Å². The maximum Gasteiger partial charge on any atom is 0.338 e. The van der Waals surface area contributed by atoms with Gasteiger partial charge in [-0.3, -0.25) is 4.79 Å². The summed E-state index contributed by atoms with van der Waals surface area (Å²) in [6.45, 7) is 7.79. The van der Waals surface area contributed by atoms with Crippen molar-refractivity contribution in [1.82, 2.24) is 9.80 Å². The van der Waals surface area contributed by atoms with E-state index in [0.717, 1.165) is 53.6 Å². The monoisotopic (exact) mass is 453 g/mol. The normalized spacial score (nSPS) is 20.7. The third-order valence-corrected chi connectivity index (χ3v) is 7.28. The average Bonchev–Trinajstić information content (AvgIpc) is 3.20. The van der Waals surface area contributed by atoms with Crippen LogP contribution in [0.2, 0.25) is 0 Å². The van der Waals surface area contributed by atoms with Crippen LogP contribution in [0.1, 0.15) is 61.8 Å². The third kappa shape index (κ3) is 4.22. The number of aliphatic imine (C=N–C) groups is 1. The number of amides is 1. The molecule has 1 atom stereocenters. The highest BCUT2D eigenvalue weighted by atomic mass is 32.2. The number of ether oxygens (including phenoxy) is 1. The Kier molecular flexibility index (Phi) is 6.74. The van der Waals surface area contributed by atoms with Gasteiger partial charge in [-0.15, -0.1) is 0 Å². The third-order valence-electron chi connectivity index (χ3n) is 6.39. The Bertz CT molecular complexity index is 1020. The van der Waals surface area contributed by atoms with Crippen molar-refractivity contribution >= 4 is 28.8 Å². The number of benzene rings is 1. The number of thioether (sulfide) groups is 1. The van der Waals surface area contributed by atoms with Gasteiger partial charge in [-0.2, -0.15) is 0 Å². The molecular weight excluding hydrogens is 422 g/mol. The van der Waals surface area contributed by atoms with Gasteiger partial charge in [0.25, 0.3) is 0 Å². The number of piperidine rings is 1. The summed E-state index contributed by atoms with van der Waals surface area (Å²) in [5.74, 6) is -0.227. The zero-order valence-electron chi connectivity index (χ0n) is 19.3. The lowest BCUT2D eigenvalue weighted by molar-refractivity contribution is -0.136. The Morgan fingerprint density at radius 3 is 2.59 bits per heavy atom. The van der Waals surface area contributed by atoms with Crippen molar-refractivity contribution in [3.63, 3.8) is 0 Å². The number of hydrogen-bond acceptors (Lipinski definition) is 6. The highest BCUT2D eigenvalue weighted by molar-refractivity contribution is 8.16. The van der Waals surface area contributed by atoms with E-state index in [1.54, 1.807) is 0 Å². The lowest BCUT2D eigenvalue weighted by Crippen LogP contribution is -2.40. The molecular formula is C25H31N3O3S. The molecule has 1 amide bonds. The minimum absolute atomic E-state index is 0.141. The van der Waals surface area contributed by atoms with E-state index in [1.165, 1.54) is 30.9 Å². The van der Waals surface area contributed by atoms with E-state index in [-0.39, 0.29) is 17.9 Å². The predicted octanol–water partition coefficient (Wildman–Crippen LogP) is 4.84. The standard InChI is InChI=1S/C25H31N3O3S/c1-5-20-22(24(30)31-4)23(19-10-9-16(2)13-17(19)3)28-18(15-32-25(28)26-20)14-21(29)27-11-7-6-8-12-27/h9-10,13,15,23H,5-8,11-12,14H2,1-4H3/t23-/m0/s1. The summed E-state index contributed by atoms with van der Waals surface area (Å²) in [5, 5.41) is 2.84. The number of fused-ring (bicyclic) bond motifs is 1. The molecule has 0 unspecified atom stereocenters. The number of amidine groups is 1. The second-order valence-corrected chi connectivity index (χ2v) is 9.41. The maximum absolute atomic E-state index is 13.1. The fraction of sp³-hybridized carbons (Fsp3) is 0.480. The SMILES string of the molecule is CCC1=C(C(=O)OC)[C@H](c2ccc(C)cc2C)N2C(CC(=O)N3CCCCC3)=CSC2=N1. The summed E-state index contributed by atoms with van der Waals surface area (Å²) in [5.41, 5.74) is 5.51. The number of nitrogens with zero attached hydrogens (tertiary/aromatic N) is 3. The topological polar surface area (TPSA) is 62.2 Å². The molecule has 1 aromatic rings. The molecule has 0 aromatic heterocycles. The molecule has 32 heavy (non-hydrogen) atoms. The molecule has 0 spiro atoms. The minimum Gasteiger partial charge on any atom is -0.466 e. The quantitative estimate of drug-likeness (QED) is 0.597. The number of carbonyl (C=O) groups excluding carboxylic acids is 2. The van der Waals surface area contributed by atoms with E-state index in [2.05, 4.69) is 36.9 Å². The van der Waals surface area contributed by atoms with Crippen molar-refractivity contribution in [1.29, 1.82) is 0 Å². The van der Waals surface area contributed by atoms with E-state index in [9.17, 15) is 9.59 Å². The first-order chi connectivity index (χ1) is 15.4. The molecule has 3 aliphatic rings. The van der Waals surface area contributed by atoms with Crippen LogP contribution >= 0.6 is 11.8 Å². The van der Waals surface area contributed by atoms with Crippen molar-refractivity contribution in [3.05, 3.63) is 57.3 Å². The molecule has 3 aliphatic heterocycles. The van der Waals surface area contributed by atoms with Gasteiger partial charge in [0.05, 0.1) is 30.8 Å². The summed E-state index contributed by atoms with van der Waals surface area (Å²) in [6.07, 6.45) is 4.26. The Hall–Kier alpha value is -2.54. The molecule has 3 heterocycles. The van der Waals surface area contributed by atoms with Crippen LogP contribution in [-0.2, 0) is 14.3 Å². The Balaban J connectivity index is 1.75. The molecule has 170 valence electrons. The van der Waals surface area contributed by atoms with Gasteiger partial charge in [-0.25, -0.2) is 9.79 Å². The molecule has 0 N–H and O–H groups in total. The molecule has 4 rings (SSSR count). The van der Waals surface area contributed by atoms with Gasteiger partial charge < -0.3 is 14.5 Å². The second kappa shape index (κ2) is 9.53. The average molecular weight is 454 g/mol. The van der Waals surface area contributed by atoms with Crippen molar-refractivity contribution in [2.24, 2.45) is 4.99 Å². The lowest BCUT2D eigenvalue weighted by Gasteiger charge is -2.37. The van der Waals surface area contributed by atoms with Crippen molar-refractivity contribution in [2.75, 3.05) is 20.2 Å². The van der Waals surface area contributed by atoms with Gasteiger partial charge >= 0.3 is 5.97 Å². The minimum atomic E-state index is -0.367. The smallest absolute Gasteiger partial charge is 0.338 e. The van der Waals surface area contributed by atoms with E-state index in [4.69, 9.17) is 9.73 Å². The van der Waals surface area contributed by atoms with Gasteiger partial charge in [0.1, 0.15) is 0 Å². The number of carbonyl (C=O) groups is 2. The number of rotatable bonds is 5. The summed E-state index contributed by atoms with van der Waals surface area (Å²) in [7, 11) is 1.41. The van der Waals surface area contributed by atoms with Crippen LogP contribution in [-0.4, -0.2) is 47.0 Å². The summed E-state index contributed by atoms with van der Waals surface area (Å²) < 4.78 is 5.20. The number of esters is 1. The number of methoxy groups -OCH3 is 1. The van der Waals surface area contributed by atoms with Crippen LogP contribution in [0.3, 0.4) is 0 Å². The fourth-order valence-electron chi connectivity index (χ4n) is 4.75. The van der Waals surface area contributed by atoms with Crippen LogP contribution in [0.4, 0.5) is 0 Å². The number of allylic oxidation sites excluding steroid dienone is 1. The number of hydrogen-bond donors (Lipinski definition) is 0. The predicted molar refractivity (Wildman–Crippen MR) is 128 cm³/mol. The maximum atomic E-state index is 13.1. The van der Waals surface area contributed by atoms with Crippen molar-refractivity contribution in [2.45, 2.75) is 58.9 Å². The zero-order chi connectivity index (χ0) is 22.8.